The van der Waals surface area contributed by atoms with E-state index in [2.05, 4.69) is 19.2 Å². The van der Waals surface area contributed by atoms with Crippen LogP contribution >= 0.6 is 0 Å². The molecule has 1 aliphatic heterocycles. The molecule has 1 aromatic carbocycles. The number of halogens is 2. The van der Waals surface area contributed by atoms with Crippen molar-refractivity contribution in [3.63, 3.8) is 0 Å². The fraction of sp³-hybridized carbons (Fsp3) is 0.647. The molecule has 0 aromatic heterocycles. The highest BCUT2D eigenvalue weighted by Crippen LogP contribution is 2.44. The van der Waals surface area contributed by atoms with Crippen molar-refractivity contribution in [2.75, 3.05) is 19.6 Å². The van der Waals surface area contributed by atoms with E-state index in [1.165, 1.54) is 12.8 Å². The summed E-state index contributed by atoms with van der Waals surface area (Å²) < 4.78 is 26.2. The molecule has 1 aromatic rings. The van der Waals surface area contributed by atoms with Crippen LogP contribution in [-0.2, 0) is 5.54 Å². The highest BCUT2D eigenvalue weighted by molar-refractivity contribution is 5.26. The van der Waals surface area contributed by atoms with Crippen LogP contribution in [0, 0.1) is 5.92 Å². The average molecular weight is 294 g/mol. The Morgan fingerprint density at radius 3 is 2.48 bits per heavy atom. The van der Waals surface area contributed by atoms with Crippen LogP contribution in [0.15, 0.2) is 30.3 Å². The average Bonchev–Trinajstić information content (AvgIpc) is 3.29. The highest BCUT2D eigenvalue weighted by atomic mass is 19.3. The van der Waals surface area contributed by atoms with Gasteiger partial charge in [0, 0.05) is 18.6 Å². The van der Waals surface area contributed by atoms with Crippen molar-refractivity contribution in [3.8, 4) is 0 Å². The summed E-state index contributed by atoms with van der Waals surface area (Å²) in [5.74, 6) is 0.637. The molecule has 1 saturated carbocycles. The largest absolute Gasteiger partial charge is 0.308 e. The van der Waals surface area contributed by atoms with Gasteiger partial charge in [-0.05, 0) is 38.2 Å². The number of hydrogen-bond acceptors (Lipinski definition) is 2. The third kappa shape index (κ3) is 2.84. The van der Waals surface area contributed by atoms with Gasteiger partial charge >= 0.3 is 0 Å². The second-order valence-corrected chi connectivity index (χ2v) is 6.96. The minimum atomic E-state index is -2.30. The van der Waals surface area contributed by atoms with Crippen LogP contribution in [0.1, 0.15) is 32.3 Å². The second kappa shape index (κ2) is 5.33. The van der Waals surface area contributed by atoms with E-state index in [0.29, 0.717) is 12.5 Å². The van der Waals surface area contributed by atoms with E-state index in [-0.39, 0.29) is 17.6 Å². The fourth-order valence-electron chi connectivity index (χ4n) is 3.62. The van der Waals surface area contributed by atoms with Gasteiger partial charge in [-0.25, -0.2) is 8.78 Å². The maximum Gasteiger partial charge on any atom is 0.251 e. The van der Waals surface area contributed by atoms with Crippen molar-refractivity contribution < 1.29 is 8.78 Å². The molecule has 2 nitrogen and oxygen atoms in total. The first-order valence-corrected chi connectivity index (χ1v) is 7.78. The maximum absolute atomic E-state index is 13.1. The van der Waals surface area contributed by atoms with Crippen LogP contribution in [0.25, 0.3) is 0 Å². The van der Waals surface area contributed by atoms with Gasteiger partial charge < -0.3 is 5.32 Å². The lowest BCUT2D eigenvalue weighted by molar-refractivity contribution is -0.0288. The molecule has 2 aliphatic rings. The Balaban J connectivity index is 1.88. The summed E-state index contributed by atoms with van der Waals surface area (Å²) in [5, 5.41) is 3.66. The molecule has 1 aliphatic carbocycles. The van der Waals surface area contributed by atoms with Crippen molar-refractivity contribution in [2.45, 2.75) is 44.2 Å². The van der Waals surface area contributed by atoms with Gasteiger partial charge in [-0.3, -0.25) is 4.90 Å². The van der Waals surface area contributed by atoms with E-state index < -0.39 is 6.43 Å². The standard InChI is InChI=1S/C17H24F2N2/c1-16(13-8-9-13)12-21(10-15(18)19)17(2,11-20-16)14-6-4-3-5-7-14/h3-7,13,15,20H,8-12H2,1-2H3. The quantitative estimate of drug-likeness (QED) is 0.917. The number of hydrogen-bond donors (Lipinski definition) is 1. The number of nitrogens with zero attached hydrogens (tertiary/aromatic N) is 1. The van der Waals surface area contributed by atoms with E-state index in [4.69, 9.17) is 0 Å². The van der Waals surface area contributed by atoms with Gasteiger partial charge in [0.25, 0.3) is 6.43 Å². The lowest BCUT2D eigenvalue weighted by atomic mass is 9.82. The Labute approximate surface area is 125 Å². The topological polar surface area (TPSA) is 15.3 Å². The van der Waals surface area contributed by atoms with Crippen LogP contribution in [0.2, 0.25) is 0 Å². The van der Waals surface area contributed by atoms with Crippen molar-refractivity contribution in [1.82, 2.24) is 10.2 Å². The van der Waals surface area contributed by atoms with Gasteiger partial charge in [-0.2, -0.15) is 0 Å². The van der Waals surface area contributed by atoms with E-state index >= 15 is 0 Å². The first kappa shape index (κ1) is 14.9. The summed E-state index contributed by atoms with van der Waals surface area (Å²) in [7, 11) is 0. The highest BCUT2D eigenvalue weighted by Gasteiger charge is 2.50. The summed E-state index contributed by atoms with van der Waals surface area (Å²) in [6.07, 6.45) is 0.136. The van der Waals surface area contributed by atoms with Gasteiger partial charge in [0.05, 0.1) is 12.1 Å². The Morgan fingerprint density at radius 2 is 1.90 bits per heavy atom. The van der Waals surface area contributed by atoms with Crippen molar-refractivity contribution in [2.24, 2.45) is 5.92 Å². The molecule has 1 heterocycles. The zero-order valence-electron chi connectivity index (χ0n) is 12.8. The smallest absolute Gasteiger partial charge is 0.251 e. The second-order valence-electron chi connectivity index (χ2n) is 6.96. The minimum absolute atomic E-state index is 0.0246. The molecule has 0 spiro atoms. The number of nitrogens with one attached hydrogen (secondary N) is 1. The normalized spacial score (nSPS) is 34.3. The van der Waals surface area contributed by atoms with Crippen LogP contribution in [0.3, 0.4) is 0 Å². The van der Waals surface area contributed by atoms with E-state index in [9.17, 15) is 8.78 Å². The molecule has 3 rings (SSSR count). The lowest BCUT2D eigenvalue weighted by Crippen LogP contribution is -2.68. The molecule has 21 heavy (non-hydrogen) atoms. The Bertz CT molecular complexity index is 489. The van der Waals surface area contributed by atoms with Crippen LogP contribution in [0.5, 0.6) is 0 Å². The fourth-order valence-corrected chi connectivity index (χ4v) is 3.62. The van der Waals surface area contributed by atoms with Gasteiger partial charge in [0.1, 0.15) is 0 Å². The monoisotopic (exact) mass is 294 g/mol. The third-order valence-corrected chi connectivity index (χ3v) is 5.29. The Morgan fingerprint density at radius 1 is 1.24 bits per heavy atom. The number of piperazine rings is 1. The summed E-state index contributed by atoms with van der Waals surface area (Å²) in [6, 6.07) is 10.0. The van der Waals surface area contributed by atoms with E-state index in [1.807, 2.05) is 35.2 Å². The Kier molecular flexibility index (Phi) is 3.78. The molecule has 2 atom stereocenters. The van der Waals surface area contributed by atoms with Gasteiger partial charge in [0.15, 0.2) is 0 Å². The molecule has 116 valence electrons. The molecular formula is C17H24F2N2. The predicted octanol–water partition coefficient (Wildman–Crippen LogP) is 3.24. The number of alkyl halides is 2. The van der Waals surface area contributed by atoms with Crippen LogP contribution in [-0.4, -0.2) is 36.5 Å². The van der Waals surface area contributed by atoms with E-state index in [1.54, 1.807) is 0 Å². The number of benzene rings is 1. The maximum atomic E-state index is 13.1. The third-order valence-electron chi connectivity index (χ3n) is 5.29. The molecule has 0 bridgehead atoms. The first-order chi connectivity index (χ1) is 9.94. The first-order valence-electron chi connectivity index (χ1n) is 7.78. The molecule has 2 fully saturated rings. The molecule has 1 N–H and O–H groups in total. The summed E-state index contributed by atoms with van der Waals surface area (Å²) in [4.78, 5) is 1.99. The molecular weight excluding hydrogens is 270 g/mol. The SMILES string of the molecule is CC1(C2CC2)CN(CC(F)F)C(C)(c2ccccc2)CN1. The van der Waals surface area contributed by atoms with Gasteiger partial charge in [0.2, 0.25) is 0 Å². The molecule has 4 heteroatoms. The van der Waals surface area contributed by atoms with Gasteiger partial charge in [-0.15, -0.1) is 0 Å². The molecule has 0 radical (unpaired) electrons. The molecule has 0 amide bonds. The zero-order valence-corrected chi connectivity index (χ0v) is 12.8. The predicted molar refractivity (Wildman–Crippen MR) is 80.5 cm³/mol. The summed E-state index contributed by atoms with van der Waals surface area (Å²) in [5.41, 5.74) is 0.714. The summed E-state index contributed by atoms with van der Waals surface area (Å²) >= 11 is 0. The summed E-state index contributed by atoms with van der Waals surface area (Å²) in [6.45, 7) is 5.51. The van der Waals surface area contributed by atoms with Crippen molar-refractivity contribution >= 4 is 0 Å². The van der Waals surface area contributed by atoms with Crippen LogP contribution in [0.4, 0.5) is 8.78 Å². The van der Waals surface area contributed by atoms with Gasteiger partial charge in [-0.1, -0.05) is 30.3 Å². The zero-order chi connectivity index (χ0) is 15.1. The number of rotatable bonds is 4. The molecule has 2 unspecified atom stereocenters. The minimum Gasteiger partial charge on any atom is -0.308 e. The van der Waals surface area contributed by atoms with Crippen molar-refractivity contribution in [3.05, 3.63) is 35.9 Å². The van der Waals surface area contributed by atoms with E-state index in [0.717, 1.165) is 12.1 Å². The Hall–Kier alpha value is -1.00. The molecule has 1 saturated heterocycles. The lowest BCUT2D eigenvalue weighted by Gasteiger charge is -2.53. The van der Waals surface area contributed by atoms with Crippen LogP contribution < -0.4 is 5.32 Å². The van der Waals surface area contributed by atoms with Crippen molar-refractivity contribution in [1.29, 1.82) is 0 Å².